The lowest BCUT2D eigenvalue weighted by atomic mass is 9.97. The Kier molecular flexibility index (Phi) is 2.90. The van der Waals surface area contributed by atoms with Gasteiger partial charge >= 0.3 is 0 Å². The molecule has 0 bridgehead atoms. The zero-order valence-corrected chi connectivity index (χ0v) is 9.57. The first-order valence-electron chi connectivity index (χ1n) is 5.38. The van der Waals surface area contributed by atoms with Crippen molar-refractivity contribution in [3.8, 4) is 0 Å². The summed E-state index contributed by atoms with van der Waals surface area (Å²) in [5.74, 6) is 2.12. The molecule has 0 radical (unpaired) electrons. The maximum atomic E-state index is 5.65. The lowest BCUT2D eigenvalue weighted by Crippen LogP contribution is -2.00. The first-order chi connectivity index (χ1) is 7.65. The Hall–Kier alpha value is -1.84. The molecule has 2 aromatic rings. The van der Waals surface area contributed by atoms with Crippen molar-refractivity contribution in [2.24, 2.45) is 0 Å². The van der Waals surface area contributed by atoms with E-state index in [0.29, 0.717) is 5.92 Å². The van der Waals surface area contributed by atoms with E-state index in [9.17, 15) is 0 Å². The monoisotopic (exact) mass is 216 g/mol. The Morgan fingerprint density at radius 2 is 2.00 bits per heavy atom. The van der Waals surface area contributed by atoms with Gasteiger partial charge in [0.05, 0.1) is 0 Å². The first kappa shape index (κ1) is 10.7. The van der Waals surface area contributed by atoms with E-state index in [4.69, 9.17) is 5.73 Å². The fraction of sp³-hybridized carbons (Fsp3) is 0.333. The largest absolute Gasteiger partial charge is 0.399 e. The highest BCUT2D eigenvalue weighted by molar-refractivity contribution is 5.40. The molecule has 0 spiro atoms. The molecule has 0 saturated carbocycles. The van der Waals surface area contributed by atoms with Crippen LogP contribution in [-0.4, -0.2) is 15.2 Å². The standard InChI is InChI=1S/C12H16N4/c1-8(7-12-14-9(2)15-16-12)10-3-5-11(13)6-4-10/h3-6,8H,7,13H2,1-2H3,(H,14,15,16). The molecule has 0 aliphatic carbocycles. The molecule has 84 valence electrons. The summed E-state index contributed by atoms with van der Waals surface area (Å²) in [5, 5.41) is 6.99. The lowest BCUT2D eigenvalue weighted by Gasteiger charge is -2.09. The van der Waals surface area contributed by atoms with Gasteiger partial charge in [0.2, 0.25) is 0 Å². The lowest BCUT2D eigenvalue weighted by molar-refractivity contribution is 0.721. The van der Waals surface area contributed by atoms with Crippen LogP contribution in [0.2, 0.25) is 0 Å². The number of anilines is 1. The smallest absolute Gasteiger partial charge is 0.151 e. The van der Waals surface area contributed by atoms with Gasteiger partial charge in [0, 0.05) is 12.1 Å². The number of aromatic amines is 1. The van der Waals surface area contributed by atoms with E-state index < -0.39 is 0 Å². The van der Waals surface area contributed by atoms with E-state index in [1.54, 1.807) is 0 Å². The Balaban J connectivity index is 2.08. The minimum Gasteiger partial charge on any atom is -0.399 e. The molecule has 16 heavy (non-hydrogen) atoms. The van der Waals surface area contributed by atoms with Gasteiger partial charge in [0.1, 0.15) is 5.82 Å². The number of benzene rings is 1. The fourth-order valence-electron chi connectivity index (χ4n) is 1.70. The minimum absolute atomic E-state index is 0.399. The molecule has 1 unspecified atom stereocenters. The number of hydrogen-bond acceptors (Lipinski definition) is 3. The molecular weight excluding hydrogens is 200 g/mol. The van der Waals surface area contributed by atoms with Crippen molar-refractivity contribution in [3.05, 3.63) is 41.5 Å². The fourth-order valence-corrected chi connectivity index (χ4v) is 1.70. The molecule has 1 atom stereocenters. The second-order valence-electron chi connectivity index (χ2n) is 4.11. The van der Waals surface area contributed by atoms with Gasteiger partial charge in [0.25, 0.3) is 0 Å². The van der Waals surface area contributed by atoms with E-state index in [2.05, 4.69) is 34.2 Å². The van der Waals surface area contributed by atoms with Gasteiger partial charge in [-0.15, -0.1) is 0 Å². The number of nitrogen functional groups attached to an aromatic ring is 1. The molecule has 4 nitrogen and oxygen atoms in total. The van der Waals surface area contributed by atoms with Gasteiger partial charge < -0.3 is 5.73 Å². The molecule has 0 aliphatic rings. The number of nitrogens with two attached hydrogens (primary N) is 1. The number of hydrogen-bond donors (Lipinski definition) is 2. The van der Waals surface area contributed by atoms with Gasteiger partial charge in [0.15, 0.2) is 5.82 Å². The SMILES string of the molecule is Cc1nc(CC(C)c2ccc(N)cc2)n[nH]1. The molecule has 2 rings (SSSR count). The summed E-state index contributed by atoms with van der Waals surface area (Å²) >= 11 is 0. The first-order valence-corrected chi connectivity index (χ1v) is 5.38. The minimum atomic E-state index is 0.399. The third-order valence-corrected chi connectivity index (χ3v) is 2.64. The third kappa shape index (κ3) is 2.39. The Morgan fingerprint density at radius 1 is 1.31 bits per heavy atom. The Morgan fingerprint density at radius 3 is 2.56 bits per heavy atom. The Labute approximate surface area is 94.9 Å². The molecule has 4 heteroatoms. The summed E-state index contributed by atoms with van der Waals surface area (Å²) in [6.07, 6.45) is 0.842. The summed E-state index contributed by atoms with van der Waals surface area (Å²) in [4.78, 5) is 4.30. The number of nitrogens with zero attached hydrogens (tertiary/aromatic N) is 2. The van der Waals surface area contributed by atoms with Crippen molar-refractivity contribution in [2.45, 2.75) is 26.2 Å². The summed E-state index contributed by atoms with van der Waals surface area (Å²) in [6, 6.07) is 7.96. The van der Waals surface area contributed by atoms with Crippen molar-refractivity contribution in [1.82, 2.24) is 15.2 Å². The van der Waals surface area contributed by atoms with Crippen molar-refractivity contribution >= 4 is 5.69 Å². The number of nitrogens with one attached hydrogen (secondary N) is 1. The highest BCUT2D eigenvalue weighted by atomic mass is 15.2. The molecule has 0 fully saturated rings. The van der Waals surface area contributed by atoms with Crippen molar-refractivity contribution in [2.75, 3.05) is 5.73 Å². The van der Waals surface area contributed by atoms with Gasteiger partial charge in [-0.2, -0.15) is 5.10 Å². The predicted octanol–water partition coefficient (Wildman–Crippen LogP) is 2.04. The van der Waals surface area contributed by atoms with Crippen LogP contribution >= 0.6 is 0 Å². The van der Waals surface area contributed by atoms with E-state index in [1.165, 1.54) is 5.56 Å². The molecule has 0 amide bonds. The van der Waals surface area contributed by atoms with Crippen LogP contribution in [0.5, 0.6) is 0 Å². The summed E-state index contributed by atoms with van der Waals surface area (Å²) in [7, 11) is 0. The Bertz CT molecular complexity index is 458. The predicted molar refractivity (Wildman–Crippen MR) is 64.1 cm³/mol. The highest BCUT2D eigenvalue weighted by Gasteiger charge is 2.09. The van der Waals surface area contributed by atoms with Crippen molar-refractivity contribution in [1.29, 1.82) is 0 Å². The number of H-pyrrole nitrogens is 1. The average molecular weight is 216 g/mol. The van der Waals surface area contributed by atoms with E-state index in [-0.39, 0.29) is 0 Å². The van der Waals surface area contributed by atoms with Crippen LogP contribution in [-0.2, 0) is 6.42 Å². The molecular formula is C12H16N4. The van der Waals surface area contributed by atoms with Crippen LogP contribution in [0.3, 0.4) is 0 Å². The molecule has 1 aromatic carbocycles. The topological polar surface area (TPSA) is 67.6 Å². The number of aryl methyl sites for hydroxylation is 1. The second-order valence-corrected chi connectivity index (χ2v) is 4.11. The molecule has 1 heterocycles. The van der Waals surface area contributed by atoms with Crippen LogP contribution in [0.1, 0.15) is 30.1 Å². The summed E-state index contributed by atoms with van der Waals surface area (Å²) in [5.41, 5.74) is 7.71. The van der Waals surface area contributed by atoms with E-state index in [1.807, 2.05) is 19.1 Å². The van der Waals surface area contributed by atoms with Crippen LogP contribution in [0.4, 0.5) is 5.69 Å². The number of aromatic nitrogens is 3. The van der Waals surface area contributed by atoms with Crippen LogP contribution in [0, 0.1) is 6.92 Å². The summed E-state index contributed by atoms with van der Waals surface area (Å²) < 4.78 is 0. The maximum Gasteiger partial charge on any atom is 0.151 e. The maximum absolute atomic E-state index is 5.65. The van der Waals surface area contributed by atoms with Crippen LogP contribution < -0.4 is 5.73 Å². The quantitative estimate of drug-likeness (QED) is 0.771. The third-order valence-electron chi connectivity index (χ3n) is 2.64. The van der Waals surface area contributed by atoms with Crippen molar-refractivity contribution in [3.63, 3.8) is 0 Å². The van der Waals surface area contributed by atoms with Gasteiger partial charge in [-0.25, -0.2) is 4.98 Å². The van der Waals surface area contributed by atoms with Crippen LogP contribution in [0.25, 0.3) is 0 Å². The average Bonchev–Trinajstić information content (AvgIpc) is 2.65. The highest BCUT2D eigenvalue weighted by Crippen LogP contribution is 2.19. The van der Waals surface area contributed by atoms with Crippen molar-refractivity contribution < 1.29 is 0 Å². The zero-order chi connectivity index (χ0) is 11.5. The zero-order valence-electron chi connectivity index (χ0n) is 9.57. The summed E-state index contributed by atoms with van der Waals surface area (Å²) in [6.45, 7) is 4.07. The van der Waals surface area contributed by atoms with E-state index in [0.717, 1.165) is 23.8 Å². The molecule has 0 saturated heterocycles. The van der Waals surface area contributed by atoms with Gasteiger partial charge in [-0.05, 0) is 30.5 Å². The van der Waals surface area contributed by atoms with E-state index >= 15 is 0 Å². The van der Waals surface area contributed by atoms with Gasteiger partial charge in [-0.3, -0.25) is 5.10 Å². The van der Waals surface area contributed by atoms with Gasteiger partial charge in [-0.1, -0.05) is 19.1 Å². The normalized spacial score (nSPS) is 12.6. The number of rotatable bonds is 3. The second kappa shape index (κ2) is 4.35. The molecule has 1 aromatic heterocycles. The molecule has 3 N–H and O–H groups in total. The molecule has 0 aliphatic heterocycles. The van der Waals surface area contributed by atoms with Crippen LogP contribution in [0.15, 0.2) is 24.3 Å².